The van der Waals surface area contributed by atoms with Gasteiger partial charge in [-0.25, -0.2) is 19.6 Å². The van der Waals surface area contributed by atoms with Crippen molar-refractivity contribution in [3.8, 4) is 0 Å². The summed E-state index contributed by atoms with van der Waals surface area (Å²) in [6.45, 7) is 15.0. The Hall–Kier alpha value is -3.28. The van der Waals surface area contributed by atoms with Gasteiger partial charge in [-0.15, -0.1) is 0 Å². The maximum Gasteiger partial charge on any atom is 0.430 e. The van der Waals surface area contributed by atoms with Crippen LogP contribution in [0.3, 0.4) is 0 Å². The summed E-state index contributed by atoms with van der Waals surface area (Å²) in [6.07, 6.45) is -0.627. The number of hydrazine groups is 1. The van der Waals surface area contributed by atoms with E-state index in [1.54, 1.807) is 0 Å². The van der Waals surface area contributed by atoms with Crippen LogP contribution in [0.1, 0.15) is 72.9 Å². The lowest BCUT2D eigenvalue weighted by molar-refractivity contribution is -0.0788. The van der Waals surface area contributed by atoms with Crippen molar-refractivity contribution >= 4 is 23.3 Å². The summed E-state index contributed by atoms with van der Waals surface area (Å²) in [7, 11) is 0. The van der Waals surface area contributed by atoms with E-state index < -0.39 is 34.5 Å². The number of benzene rings is 2. The monoisotopic (exact) mass is 476 g/mol. The van der Waals surface area contributed by atoms with Crippen molar-refractivity contribution < 1.29 is 19.1 Å². The van der Waals surface area contributed by atoms with E-state index in [0.717, 1.165) is 22.3 Å². The highest BCUT2D eigenvalue weighted by Gasteiger charge is 2.68. The standard InChI is InChI=1S/C29H36N2O4/c1-26(2,3)34-24(32)30-28(7)19-29(8,31(30)25(33)35-27(4,5)6)23(21-17-13-10-14-18-21)22(28)20-15-11-9-12-16-20/h9-18H,19H2,1-8H3. The number of fused-ring (bicyclic) bond motifs is 2. The molecule has 186 valence electrons. The Morgan fingerprint density at radius 2 is 0.971 bits per heavy atom. The number of ether oxygens (including phenoxy) is 2. The normalized spacial score (nSPS) is 24.1. The Morgan fingerprint density at radius 3 is 1.26 bits per heavy atom. The first-order chi connectivity index (χ1) is 16.2. The fraction of sp³-hybridized carbons (Fsp3) is 0.448. The maximum atomic E-state index is 13.7. The lowest BCUT2D eigenvalue weighted by Gasteiger charge is -2.47. The lowest BCUT2D eigenvalue weighted by Crippen LogP contribution is -2.62. The van der Waals surface area contributed by atoms with E-state index in [0.29, 0.717) is 6.42 Å². The Bertz CT molecular complexity index is 1070. The topological polar surface area (TPSA) is 59.1 Å². The van der Waals surface area contributed by atoms with Gasteiger partial charge in [0.25, 0.3) is 0 Å². The molecular formula is C29H36N2O4. The molecule has 2 aromatic rings. The zero-order valence-electron chi connectivity index (χ0n) is 22.0. The van der Waals surface area contributed by atoms with E-state index in [9.17, 15) is 9.59 Å². The first-order valence-corrected chi connectivity index (χ1v) is 12.1. The van der Waals surface area contributed by atoms with E-state index in [4.69, 9.17) is 9.47 Å². The second kappa shape index (κ2) is 8.14. The molecule has 1 heterocycles. The number of carbonyl (C=O) groups excluding carboxylic acids is 2. The van der Waals surface area contributed by atoms with Gasteiger partial charge in [0.1, 0.15) is 11.2 Å². The summed E-state index contributed by atoms with van der Waals surface area (Å²) in [4.78, 5) is 27.5. The third-order valence-corrected chi connectivity index (χ3v) is 6.41. The Labute approximate surface area is 208 Å². The minimum absolute atomic E-state index is 0.521. The molecule has 0 spiro atoms. The molecule has 1 aliphatic carbocycles. The van der Waals surface area contributed by atoms with Crippen LogP contribution in [0.25, 0.3) is 11.1 Å². The van der Waals surface area contributed by atoms with Crippen molar-refractivity contribution in [3.63, 3.8) is 0 Å². The number of amides is 2. The molecule has 35 heavy (non-hydrogen) atoms. The van der Waals surface area contributed by atoms with Crippen LogP contribution in [0.15, 0.2) is 60.7 Å². The first kappa shape index (κ1) is 24.8. The van der Waals surface area contributed by atoms with Crippen molar-refractivity contribution in [1.29, 1.82) is 0 Å². The minimum Gasteiger partial charge on any atom is -0.442 e. The van der Waals surface area contributed by atoms with Crippen LogP contribution in [-0.2, 0) is 9.47 Å². The van der Waals surface area contributed by atoms with E-state index in [-0.39, 0.29) is 0 Å². The molecule has 0 saturated carbocycles. The average molecular weight is 477 g/mol. The fourth-order valence-electron chi connectivity index (χ4n) is 5.49. The van der Waals surface area contributed by atoms with E-state index in [1.807, 2.05) is 91.8 Å². The highest BCUT2D eigenvalue weighted by Crippen LogP contribution is 2.62. The molecule has 2 bridgehead atoms. The molecule has 6 nitrogen and oxygen atoms in total. The Balaban J connectivity index is 1.99. The van der Waals surface area contributed by atoms with Gasteiger partial charge in [0.15, 0.2) is 0 Å². The lowest BCUT2D eigenvalue weighted by atomic mass is 9.84. The zero-order chi connectivity index (χ0) is 25.8. The van der Waals surface area contributed by atoms with Gasteiger partial charge in [-0.05, 0) is 77.7 Å². The molecule has 1 aliphatic heterocycles. The van der Waals surface area contributed by atoms with Crippen molar-refractivity contribution in [2.45, 2.75) is 84.1 Å². The molecule has 2 atom stereocenters. The number of rotatable bonds is 2. The molecule has 6 heteroatoms. The van der Waals surface area contributed by atoms with E-state index >= 15 is 0 Å². The van der Waals surface area contributed by atoms with Crippen LogP contribution in [0.5, 0.6) is 0 Å². The second-order valence-corrected chi connectivity index (χ2v) is 11.8. The van der Waals surface area contributed by atoms with Gasteiger partial charge in [0.2, 0.25) is 0 Å². The van der Waals surface area contributed by atoms with Crippen molar-refractivity contribution in [2.24, 2.45) is 0 Å². The van der Waals surface area contributed by atoms with Gasteiger partial charge in [-0.3, -0.25) is 0 Å². The number of hydrogen-bond acceptors (Lipinski definition) is 4. The number of nitrogens with zero attached hydrogens (tertiary/aromatic N) is 2. The molecule has 0 N–H and O–H groups in total. The van der Waals surface area contributed by atoms with Gasteiger partial charge < -0.3 is 9.47 Å². The molecule has 0 aromatic heterocycles. The SMILES string of the molecule is CC(C)(C)OC(=O)N1N(C(=O)OC(C)(C)C)C2(C)CC1(C)C(c1ccccc1)=C2c1ccccc1. The van der Waals surface area contributed by atoms with Crippen molar-refractivity contribution in [1.82, 2.24) is 10.0 Å². The van der Waals surface area contributed by atoms with Gasteiger partial charge >= 0.3 is 12.2 Å². The molecule has 2 amide bonds. The molecule has 0 radical (unpaired) electrons. The average Bonchev–Trinajstić information content (AvgIpc) is 3.13. The predicted octanol–water partition coefficient (Wildman–Crippen LogP) is 6.92. The third kappa shape index (κ3) is 4.30. The summed E-state index contributed by atoms with van der Waals surface area (Å²) in [5.41, 5.74) is 0.921. The molecule has 2 aliphatic rings. The minimum atomic E-state index is -0.833. The summed E-state index contributed by atoms with van der Waals surface area (Å²) in [6, 6.07) is 20.1. The quantitative estimate of drug-likeness (QED) is 0.472. The number of hydrogen-bond donors (Lipinski definition) is 0. The van der Waals surface area contributed by atoms with Crippen molar-refractivity contribution in [3.05, 3.63) is 71.8 Å². The Kier molecular flexibility index (Phi) is 5.78. The van der Waals surface area contributed by atoms with Gasteiger partial charge in [0, 0.05) is 6.42 Å². The molecule has 2 aromatic carbocycles. The first-order valence-electron chi connectivity index (χ1n) is 12.1. The van der Waals surface area contributed by atoms with Gasteiger partial charge in [0.05, 0.1) is 11.1 Å². The largest absolute Gasteiger partial charge is 0.442 e. The van der Waals surface area contributed by atoms with Crippen LogP contribution < -0.4 is 0 Å². The number of carbonyl (C=O) groups is 2. The zero-order valence-corrected chi connectivity index (χ0v) is 22.0. The molecule has 1 saturated heterocycles. The molecule has 4 rings (SSSR count). The third-order valence-electron chi connectivity index (χ3n) is 6.41. The van der Waals surface area contributed by atoms with E-state index in [2.05, 4.69) is 24.3 Å². The summed E-state index contributed by atoms with van der Waals surface area (Å²) in [5.74, 6) is 0. The van der Waals surface area contributed by atoms with Crippen LogP contribution in [-0.4, -0.2) is 44.5 Å². The fourth-order valence-corrected chi connectivity index (χ4v) is 5.49. The molecule has 2 unspecified atom stereocenters. The predicted molar refractivity (Wildman–Crippen MR) is 137 cm³/mol. The Morgan fingerprint density at radius 1 is 0.657 bits per heavy atom. The van der Waals surface area contributed by atoms with E-state index in [1.165, 1.54) is 10.0 Å². The van der Waals surface area contributed by atoms with Gasteiger partial charge in [-0.2, -0.15) is 0 Å². The summed E-state index contributed by atoms with van der Waals surface area (Å²) < 4.78 is 11.7. The highest BCUT2D eigenvalue weighted by molar-refractivity contribution is 6.05. The molecular weight excluding hydrogens is 440 g/mol. The van der Waals surface area contributed by atoms with Crippen molar-refractivity contribution in [2.75, 3.05) is 0 Å². The van der Waals surface area contributed by atoms with Crippen LogP contribution >= 0.6 is 0 Å². The highest BCUT2D eigenvalue weighted by atomic mass is 16.6. The summed E-state index contributed by atoms with van der Waals surface area (Å²) in [5, 5.41) is 2.97. The van der Waals surface area contributed by atoms with Crippen LogP contribution in [0, 0.1) is 0 Å². The second-order valence-electron chi connectivity index (χ2n) is 11.8. The van der Waals surface area contributed by atoms with Crippen LogP contribution in [0.2, 0.25) is 0 Å². The summed E-state index contributed by atoms with van der Waals surface area (Å²) >= 11 is 0. The maximum absolute atomic E-state index is 13.7. The smallest absolute Gasteiger partial charge is 0.430 e. The van der Waals surface area contributed by atoms with Gasteiger partial charge in [-0.1, -0.05) is 60.7 Å². The molecule has 1 fully saturated rings. The van der Waals surface area contributed by atoms with Crippen LogP contribution in [0.4, 0.5) is 9.59 Å².